The van der Waals surface area contributed by atoms with Crippen LogP contribution >= 0.6 is 0 Å². The highest BCUT2D eigenvalue weighted by molar-refractivity contribution is 5.91. The van der Waals surface area contributed by atoms with E-state index in [1.807, 2.05) is 48.5 Å². The summed E-state index contributed by atoms with van der Waals surface area (Å²) in [5.74, 6) is 28.5. The first kappa shape index (κ1) is 67.5. The molecular weight excluding hydrogens is 1040 g/mol. The molecule has 3 aromatic carbocycles. The van der Waals surface area contributed by atoms with E-state index in [4.69, 9.17) is 18.9 Å². The van der Waals surface area contributed by atoms with Gasteiger partial charge in [0.1, 0.15) is 11.5 Å². The quantitative estimate of drug-likeness (QED) is 0.0222. The second-order valence-corrected chi connectivity index (χ2v) is 22.8. The highest BCUT2D eigenvalue weighted by Crippen LogP contribution is 2.30. The fraction of sp³-hybridized carbons (Fsp3) is 0.500. The molecule has 0 spiro atoms. The van der Waals surface area contributed by atoms with E-state index in [9.17, 15) is 9.59 Å². The number of aromatic nitrogens is 2. The number of hydrogen-bond acceptors (Lipinski definition) is 8. The molecule has 0 radical (unpaired) electrons. The molecule has 8 nitrogen and oxygen atoms in total. The fourth-order valence-corrected chi connectivity index (χ4v) is 9.82. The average molecular weight is 1130 g/mol. The van der Waals surface area contributed by atoms with Crippen LogP contribution in [0, 0.1) is 59.2 Å². The Kier molecular flexibility index (Phi) is 33.5. The summed E-state index contributed by atoms with van der Waals surface area (Å²) in [6.45, 7) is 14.4. The first-order valence-corrected chi connectivity index (χ1v) is 32.1. The van der Waals surface area contributed by atoms with Crippen molar-refractivity contribution in [1.82, 2.24) is 9.97 Å². The molecule has 0 aliphatic rings. The van der Waals surface area contributed by atoms with E-state index in [0.29, 0.717) is 69.2 Å². The van der Waals surface area contributed by atoms with Gasteiger partial charge in [-0.15, -0.1) is 0 Å². The molecule has 2 heterocycles. The molecule has 446 valence electrons. The minimum Gasteiger partial charge on any atom is -0.492 e. The van der Waals surface area contributed by atoms with E-state index in [2.05, 4.69) is 85.0 Å². The maximum atomic E-state index is 13.0. The topological polar surface area (TPSA) is 96.8 Å². The maximum Gasteiger partial charge on any atom is 0.338 e. The van der Waals surface area contributed by atoms with Gasteiger partial charge in [0.2, 0.25) is 0 Å². The van der Waals surface area contributed by atoms with Crippen molar-refractivity contribution < 1.29 is 28.5 Å². The van der Waals surface area contributed by atoms with Gasteiger partial charge in [-0.2, -0.15) is 0 Å². The van der Waals surface area contributed by atoms with Crippen molar-refractivity contribution in [3.8, 4) is 58.9 Å². The Morgan fingerprint density at radius 2 is 0.702 bits per heavy atom. The van der Waals surface area contributed by atoms with Crippen LogP contribution in [-0.4, -0.2) is 48.3 Å². The van der Waals surface area contributed by atoms with E-state index in [1.165, 1.54) is 141 Å². The van der Waals surface area contributed by atoms with Gasteiger partial charge < -0.3 is 18.9 Å². The summed E-state index contributed by atoms with van der Waals surface area (Å²) in [4.78, 5) is 34.4. The maximum absolute atomic E-state index is 13.0. The third-order valence-corrected chi connectivity index (χ3v) is 14.7. The number of hydrogen-bond donors (Lipinski definition) is 0. The lowest BCUT2D eigenvalue weighted by molar-refractivity contribution is 0.0516. The summed E-state index contributed by atoms with van der Waals surface area (Å²) >= 11 is 0. The van der Waals surface area contributed by atoms with Crippen molar-refractivity contribution in [3.63, 3.8) is 0 Å². The van der Waals surface area contributed by atoms with Crippen LogP contribution in [0.2, 0.25) is 0 Å². The van der Waals surface area contributed by atoms with Gasteiger partial charge in [-0.3, -0.25) is 9.97 Å². The molecule has 84 heavy (non-hydrogen) atoms. The standard InChI is InChI=1S/C76H96N2O6/c1-7-81-75(79)71-49-45-65(67(55-71)41-39-63-37-33-51-77-59-63)43-47-69-57-74(84-54-32-28-24-20-16-12-10-14-18-22-26-30-36-62(5)6)70(58-73(69)83-53-31-27-23-19-15-11-9-13-17-21-25-29-35-61(3)4)48-44-66-46-50-72(76(80)82-8-2)56-68(66)42-40-64-38-34-52-78-60-64/h33-34,37-38,45-46,49-52,55-62H,7-32,35-36,53-54H2,1-6H3. The van der Waals surface area contributed by atoms with Crippen LogP contribution in [0.25, 0.3) is 0 Å². The predicted molar refractivity (Wildman–Crippen MR) is 344 cm³/mol. The Labute approximate surface area is 506 Å². The van der Waals surface area contributed by atoms with Crippen LogP contribution in [0.15, 0.2) is 97.6 Å². The molecule has 0 bridgehead atoms. The molecule has 2 aromatic heterocycles. The molecule has 8 heteroatoms. The van der Waals surface area contributed by atoms with Crippen molar-refractivity contribution >= 4 is 11.9 Å². The van der Waals surface area contributed by atoms with Crippen molar-refractivity contribution in [2.24, 2.45) is 11.8 Å². The first-order valence-electron chi connectivity index (χ1n) is 32.1. The summed E-state index contributed by atoms with van der Waals surface area (Å²) in [6, 6.07) is 21.9. The summed E-state index contributed by atoms with van der Waals surface area (Å²) in [5.41, 5.74) is 6.00. The summed E-state index contributed by atoms with van der Waals surface area (Å²) in [7, 11) is 0. The van der Waals surface area contributed by atoms with Gasteiger partial charge >= 0.3 is 11.9 Å². The number of ether oxygens (including phenoxy) is 4. The number of rotatable bonds is 36. The zero-order valence-electron chi connectivity index (χ0n) is 51.9. The van der Waals surface area contributed by atoms with E-state index >= 15 is 0 Å². The highest BCUT2D eigenvalue weighted by atomic mass is 16.5. The van der Waals surface area contributed by atoms with Gasteiger partial charge in [0.25, 0.3) is 0 Å². The average Bonchev–Trinajstić information content (AvgIpc) is 3.70. The second-order valence-electron chi connectivity index (χ2n) is 22.8. The molecule has 0 unspecified atom stereocenters. The number of esters is 2. The molecule has 0 N–H and O–H groups in total. The van der Waals surface area contributed by atoms with Crippen molar-refractivity contribution in [1.29, 1.82) is 0 Å². The van der Waals surface area contributed by atoms with E-state index in [0.717, 1.165) is 48.6 Å². The normalized spacial score (nSPS) is 10.7. The third kappa shape index (κ3) is 27.9. The number of pyridine rings is 2. The van der Waals surface area contributed by atoms with E-state index in [-0.39, 0.29) is 13.2 Å². The Hall–Kier alpha value is -7.26. The van der Waals surface area contributed by atoms with E-state index in [1.54, 1.807) is 62.9 Å². The van der Waals surface area contributed by atoms with E-state index < -0.39 is 11.9 Å². The molecule has 0 saturated heterocycles. The molecule has 0 aliphatic heterocycles. The Balaban J connectivity index is 1.42. The number of carbonyl (C=O) groups is 2. The van der Waals surface area contributed by atoms with Crippen LogP contribution in [0.3, 0.4) is 0 Å². The van der Waals surface area contributed by atoms with Crippen LogP contribution in [0.4, 0.5) is 0 Å². The number of carbonyl (C=O) groups excluding carboxylic acids is 2. The first-order chi connectivity index (χ1) is 41.1. The number of benzene rings is 3. The fourth-order valence-electron chi connectivity index (χ4n) is 9.82. The number of unbranched alkanes of at least 4 members (excludes halogenated alkanes) is 22. The Morgan fingerprint density at radius 1 is 0.381 bits per heavy atom. The molecular formula is C76H96N2O6. The van der Waals surface area contributed by atoms with Gasteiger partial charge in [-0.1, -0.05) is 229 Å². The van der Waals surface area contributed by atoms with Crippen molar-refractivity contribution in [3.05, 3.63) is 153 Å². The third-order valence-electron chi connectivity index (χ3n) is 14.7. The molecule has 0 amide bonds. The lowest BCUT2D eigenvalue weighted by Crippen LogP contribution is -2.05. The van der Waals surface area contributed by atoms with Gasteiger partial charge in [-0.05, 0) is 99.2 Å². The zero-order valence-corrected chi connectivity index (χ0v) is 51.9. The molecule has 0 saturated carbocycles. The van der Waals surface area contributed by atoms with Gasteiger partial charge in [0, 0.05) is 70.3 Å². The molecule has 5 aromatic rings. The van der Waals surface area contributed by atoms with Crippen molar-refractivity contribution in [2.45, 2.75) is 208 Å². The lowest BCUT2D eigenvalue weighted by Gasteiger charge is -2.14. The smallest absolute Gasteiger partial charge is 0.338 e. The SMILES string of the molecule is CCOC(=O)c1ccc(C#Cc2cc(OCCCCCCCCCCCCCCC(C)C)c(C#Cc3ccc(C(=O)OCC)cc3C#Cc3cccnc3)cc2OCCCCCCCCCCCCCCC(C)C)c(C#Cc2cccnc2)c1. The van der Waals surface area contributed by atoms with Crippen molar-refractivity contribution in [2.75, 3.05) is 26.4 Å². The predicted octanol–water partition coefficient (Wildman–Crippen LogP) is 18.6. The van der Waals surface area contributed by atoms with Crippen LogP contribution < -0.4 is 9.47 Å². The lowest BCUT2D eigenvalue weighted by atomic mass is 10.0. The zero-order chi connectivity index (χ0) is 59.7. The van der Waals surface area contributed by atoms with Gasteiger partial charge in [0.15, 0.2) is 0 Å². The minimum atomic E-state index is -0.426. The van der Waals surface area contributed by atoms with Crippen LogP contribution in [0.5, 0.6) is 11.5 Å². The second kappa shape index (κ2) is 41.7. The highest BCUT2D eigenvalue weighted by Gasteiger charge is 2.15. The molecule has 0 atom stereocenters. The summed E-state index contributed by atoms with van der Waals surface area (Å²) in [5, 5.41) is 0. The monoisotopic (exact) mass is 1130 g/mol. The van der Waals surface area contributed by atoms with Crippen LogP contribution in [0.1, 0.15) is 274 Å². The number of nitrogens with zero attached hydrogens (tertiary/aromatic N) is 2. The summed E-state index contributed by atoms with van der Waals surface area (Å²) in [6.07, 6.45) is 39.7. The van der Waals surface area contributed by atoms with Gasteiger partial charge in [-0.25, -0.2) is 9.59 Å². The van der Waals surface area contributed by atoms with Crippen LogP contribution in [-0.2, 0) is 9.47 Å². The largest absolute Gasteiger partial charge is 0.492 e. The summed E-state index contributed by atoms with van der Waals surface area (Å²) < 4.78 is 24.1. The Bertz CT molecular complexity index is 2770. The molecule has 0 aliphatic carbocycles. The Morgan fingerprint density at radius 3 is 1.02 bits per heavy atom. The van der Waals surface area contributed by atoms with Gasteiger partial charge in [0.05, 0.1) is 48.7 Å². The minimum absolute atomic E-state index is 0.256. The molecule has 0 fully saturated rings. The molecule has 5 rings (SSSR count).